The van der Waals surface area contributed by atoms with Crippen LogP contribution in [0.2, 0.25) is 0 Å². The summed E-state index contributed by atoms with van der Waals surface area (Å²) in [6, 6.07) is 6.53. The van der Waals surface area contributed by atoms with E-state index in [2.05, 4.69) is 4.98 Å². The summed E-state index contributed by atoms with van der Waals surface area (Å²) in [6.07, 6.45) is 1.10. The first kappa shape index (κ1) is 22.6. The largest absolute Gasteiger partial charge is 0.491 e. The van der Waals surface area contributed by atoms with E-state index in [0.717, 1.165) is 19.4 Å². The lowest BCUT2D eigenvalue weighted by atomic mass is 10.1. The van der Waals surface area contributed by atoms with E-state index in [1.54, 1.807) is 38.1 Å². The lowest BCUT2D eigenvalue weighted by Crippen LogP contribution is -2.25. The van der Waals surface area contributed by atoms with Gasteiger partial charge in [-0.25, -0.2) is 9.59 Å². The van der Waals surface area contributed by atoms with Gasteiger partial charge >= 0.3 is 11.9 Å². The summed E-state index contributed by atoms with van der Waals surface area (Å²) in [4.78, 5) is 40.1. The Hall–Kier alpha value is -3.13. The number of H-pyrrole nitrogens is 1. The maximum absolute atomic E-state index is 12.8. The number of rotatable bonds is 8. The van der Waals surface area contributed by atoms with Gasteiger partial charge in [-0.05, 0) is 63.4 Å². The fourth-order valence-electron chi connectivity index (χ4n) is 3.54. The molecule has 1 aromatic carbocycles. The first-order valence-electron chi connectivity index (χ1n) is 10.2. The third kappa shape index (κ3) is 5.14. The number of benzene rings is 1. The normalized spacial score (nSPS) is 16.6. The maximum Gasteiger partial charge on any atom is 0.339 e. The Bertz CT molecular complexity index is 955. The maximum atomic E-state index is 12.8. The molecule has 31 heavy (non-hydrogen) atoms. The molecule has 2 heterocycles. The molecule has 166 valence electrons. The lowest BCUT2D eigenvalue weighted by molar-refractivity contribution is 0.0316. The van der Waals surface area contributed by atoms with Crippen molar-refractivity contribution < 1.29 is 33.3 Å². The number of carbonyl (C=O) groups excluding carboxylic acids is 3. The zero-order valence-corrected chi connectivity index (χ0v) is 18.2. The third-order valence-electron chi connectivity index (χ3n) is 5.28. The molecule has 8 heteroatoms. The highest BCUT2D eigenvalue weighted by Crippen LogP contribution is 2.22. The molecule has 1 aliphatic heterocycles. The van der Waals surface area contributed by atoms with Gasteiger partial charge < -0.3 is 23.9 Å². The fraction of sp³-hybridized carbons (Fsp3) is 0.435. The predicted molar refractivity (Wildman–Crippen MR) is 112 cm³/mol. The summed E-state index contributed by atoms with van der Waals surface area (Å²) in [6.45, 7) is 6.05. The predicted octanol–water partition coefficient (Wildman–Crippen LogP) is 3.40. The van der Waals surface area contributed by atoms with Crippen LogP contribution < -0.4 is 4.74 Å². The van der Waals surface area contributed by atoms with Gasteiger partial charge in [-0.3, -0.25) is 4.79 Å². The van der Waals surface area contributed by atoms with Gasteiger partial charge in [-0.2, -0.15) is 0 Å². The molecule has 1 N–H and O–H groups in total. The lowest BCUT2D eigenvalue weighted by Gasteiger charge is -2.13. The number of aromatic amines is 1. The van der Waals surface area contributed by atoms with Crippen LogP contribution in [0, 0.1) is 13.8 Å². The van der Waals surface area contributed by atoms with Crippen LogP contribution in [0.25, 0.3) is 0 Å². The zero-order valence-electron chi connectivity index (χ0n) is 18.2. The molecular weight excluding hydrogens is 402 g/mol. The average Bonchev–Trinajstić information content (AvgIpc) is 3.39. The number of Topliss-reactive ketones (excluding diaryl/α,β-unsaturated/α-hetero) is 1. The Morgan fingerprint density at radius 1 is 1.16 bits per heavy atom. The molecule has 3 rings (SSSR count). The monoisotopic (exact) mass is 429 g/mol. The first-order valence-corrected chi connectivity index (χ1v) is 10.2. The van der Waals surface area contributed by atoms with Crippen molar-refractivity contribution in [2.45, 2.75) is 45.8 Å². The van der Waals surface area contributed by atoms with Crippen molar-refractivity contribution in [2.24, 2.45) is 0 Å². The molecule has 2 aromatic rings. The topological polar surface area (TPSA) is 104 Å². The number of nitrogens with one attached hydrogen (secondary N) is 1. The SMILES string of the molecule is COC(=O)c1c(C)[nH]c(C(=O)[C@H](C)OC(=O)c2ccc(OC[C@H]3CCCO3)cc2)c1C. The Morgan fingerprint density at radius 3 is 2.48 bits per heavy atom. The molecule has 0 saturated carbocycles. The van der Waals surface area contributed by atoms with E-state index in [-0.39, 0.29) is 11.8 Å². The second-order valence-electron chi connectivity index (χ2n) is 7.50. The number of carbonyl (C=O) groups is 3. The Kier molecular flexibility index (Phi) is 7.12. The van der Waals surface area contributed by atoms with Crippen LogP contribution in [-0.2, 0) is 14.2 Å². The second kappa shape index (κ2) is 9.78. The quantitative estimate of drug-likeness (QED) is 0.507. The molecule has 0 amide bonds. The number of aryl methyl sites for hydroxylation is 1. The van der Waals surface area contributed by atoms with E-state index in [9.17, 15) is 14.4 Å². The fourth-order valence-corrected chi connectivity index (χ4v) is 3.54. The minimum absolute atomic E-state index is 0.108. The number of ketones is 1. The van der Waals surface area contributed by atoms with E-state index >= 15 is 0 Å². The summed E-state index contributed by atoms with van der Waals surface area (Å²) < 4.78 is 21.3. The van der Waals surface area contributed by atoms with Gasteiger partial charge in [0.2, 0.25) is 5.78 Å². The number of hydrogen-bond donors (Lipinski definition) is 1. The number of aromatic nitrogens is 1. The smallest absolute Gasteiger partial charge is 0.339 e. The Labute approximate surface area is 180 Å². The zero-order chi connectivity index (χ0) is 22.5. The number of ether oxygens (including phenoxy) is 4. The number of esters is 2. The molecule has 0 unspecified atom stereocenters. The highest BCUT2D eigenvalue weighted by molar-refractivity contribution is 6.04. The van der Waals surface area contributed by atoms with Gasteiger partial charge in [0.1, 0.15) is 12.4 Å². The molecule has 1 saturated heterocycles. The van der Waals surface area contributed by atoms with Crippen molar-refractivity contribution in [3.05, 3.63) is 52.3 Å². The van der Waals surface area contributed by atoms with Gasteiger partial charge in [0.05, 0.1) is 30.0 Å². The summed E-state index contributed by atoms with van der Waals surface area (Å²) in [5.74, 6) is -0.956. The van der Waals surface area contributed by atoms with Crippen molar-refractivity contribution in [1.29, 1.82) is 0 Å². The standard InChI is InChI=1S/C23H27NO7/c1-13-19(23(27)28-4)14(2)24-20(13)21(25)15(3)31-22(26)16-7-9-17(10-8-16)30-12-18-6-5-11-29-18/h7-10,15,18,24H,5-6,11-12H2,1-4H3/t15-,18+/m0/s1. The summed E-state index contributed by atoms with van der Waals surface area (Å²) in [7, 11) is 1.28. The van der Waals surface area contributed by atoms with E-state index in [4.69, 9.17) is 18.9 Å². The van der Waals surface area contributed by atoms with Crippen LogP contribution in [0.1, 0.15) is 62.2 Å². The van der Waals surface area contributed by atoms with Gasteiger partial charge in [0, 0.05) is 12.3 Å². The van der Waals surface area contributed by atoms with E-state index in [1.165, 1.54) is 14.0 Å². The van der Waals surface area contributed by atoms with Gasteiger partial charge in [0.25, 0.3) is 0 Å². The van der Waals surface area contributed by atoms with Crippen LogP contribution in [0.4, 0.5) is 0 Å². The Morgan fingerprint density at radius 2 is 1.87 bits per heavy atom. The van der Waals surface area contributed by atoms with Crippen molar-refractivity contribution in [3.63, 3.8) is 0 Å². The third-order valence-corrected chi connectivity index (χ3v) is 5.28. The summed E-state index contributed by atoms with van der Waals surface area (Å²) in [5.41, 5.74) is 1.81. The van der Waals surface area contributed by atoms with Crippen molar-refractivity contribution in [2.75, 3.05) is 20.3 Å². The van der Waals surface area contributed by atoms with Gasteiger partial charge in [-0.1, -0.05) is 0 Å². The summed E-state index contributed by atoms with van der Waals surface area (Å²) in [5, 5.41) is 0. The van der Waals surface area contributed by atoms with E-state index in [0.29, 0.717) is 34.7 Å². The van der Waals surface area contributed by atoms with E-state index < -0.39 is 23.8 Å². The molecule has 2 atom stereocenters. The van der Waals surface area contributed by atoms with Crippen LogP contribution in [0.15, 0.2) is 24.3 Å². The molecule has 8 nitrogen and oxygen atoms in total. The number of methoxy groups -OCH3 is 1. The molecule has 1 fully saturated rings. The van der Waals surface area contributed by atoms with Crippen LogP contribution in [-0.4, -0.2) is 55.2 Å². The molecule has 1 aromatic heterocycles. The first-order chi connectivity index (χ1) is 14.8. The van der Waals surface area contributed by atoms with Crippen LogP contribution >= 0.6 is 0 Å². The highest BCUT2D eigenvalue weighted by atomic mass is 16.5. The molecule has 0 radical (unpaired) electrons. The minimum atomic E-state index is -1.04. The summed E-state index contributed by atoms with van der Waals surface area (Å²) >= 11 is 0. The van der Waals surface area contributed by atoms with Gasteiger partial charge in [0.15, 0.2) is 6.10 Å². The highest BCUT2D eigenvalue weighted by Gasteiger charge is 2.27. The van der Waals surface area contributed by atoms with Gasteiger partial charge in [-0.15, -0.1) is 0 Å². The van der Waals surface area contributed by atoms with E-state index in [1.807, 2.05) is 0 Å². The van der Waals surface area contributed by atoms with Crippen molar-refractivity contribution in [3.8, 4) is 5.75 Å². The molecular formula is C23H27NO7. The number of hydrogen-bond acceptors (Lipinski definition) is 7. The van der Waals surface area contributed by atoms with Crippen molar-refractivity contribution >= 4 is 17.7 Å². The van der Waals surface area contributed by atoms with Crippen LogP contribution in [0.3, 0.4) is 0 Å². The second-order valence-corrected chi connectivity index (χ2v) is 7.50. The molecule has 0 spiro atoms. The van der Waals surface area contributed by atoms with Crippen LogP contribution in [0.5, 0.6) is 5.75 Å². The molecule has 1 aliphatic rings. The molecule has 0 bridgehead atoms. The molecule has 0 aliphatic carbocycles. The average molecular weight is 429 g/mol. The minimum Gasteiger partial charge on any atom is -0.491 e. The Balaban J connectivity index is 1.61. The van der Waals surface area contributed by atoms with Crippen molar-refractivity contribution in [1.82, 2.24) is 4.98 Å².